The van der Waals surface area contributed by atoms with E-state index in [1.165, 1.54) is 19.4 Å². The molecule has 0 radical (unpaired) electrons. The van der Waals surface area contributed by atoms with Crippen LogP contribution in [0.5, 0.6) is 0 Å². The van der Waals surface area contributed by atoms with Crippen LogP contribution in [0.3, 0.4) is 0 Å². The van der Waals surface area contributed by atoms with Gasteiger partial charge in [0.15, 0.2) is 0 Å². The molecule has 0 aromatic carbocycles. The van der Waals surface area contributed by atoms with Crippen LogP contribution in [0.1, 0.15) is 32.5 Å². The van der Waals surface area contributed by atoms with Gasteiger partial charge < -0.3 is 4.40 Å². The Hall–Kier alpha value is -1.06. The van der Waals surface area contributed by atoms with Gasteiger partial charge in [0.25, 0.3) is 0 Å². The number of fused-ring (bicyclic) bond motifs is 1. The predicted octanol–water partition coefficient (Wildman–Crippen LogP) is 3.40. The van der Waals surface area contributed by atoms with Gasteiger partial charge in [-0.2, -0.15) is 0 Å². The van der Waals surface area contributed by atoms with E-state index in [1.54, 1.807) is 0 Å². The fourth-order valence-corrected chi connectivity index (χ4v) is 3.37. The molecule has 2 aromatic heterocycles. The van der Waals surface area contributed by atoms with Crippen molar-refractivity contribution in [1.82, 2.24) is 14.3 Å². The monoisotopic (exact) mass is 277 g/mol. The third kappa shape index (κ3) is 2.37. The molecule has 0 bridgehead atoms. The number of hydrogen-bond acceptors (Lipinski definition) is 2. The molecule has 19 heavy (non-hydrogen) atoms. The molecule has 3 heterocycles. The Morgan fingerprint density at radius 1 is 1.47 bits per heavy atom. The molecule has 3 rings (SSSR count). The van der Waals surface area contributed by atoms with Crippen molar-refractivity contribution in [3.05, 3.63) is 35.4 Å². The highest BCUT2D eigenvalue weighted by atomic mass is 35.5. The molecule has 1 unspecified atom stereocenters. The third-order valence-corrected chi connectivity index (χ3v) is 4.42. The van der Waals surface area contributed by atoms with Crippen LogP contribution in [-0.2, 0) is 6.42 Å². The van der Waals surface area contributed by atoms with Crippen LogP contribution in [0.25, 0.3) is 5.52 Å². The first kappa shape index (κ1) is 12.9. The molecule has 1 aliphatic heterocycles. The zero-order valence-electron chi connectivity index (χ0n) is 11.5. The fraction of sp³-hybridized carbons (Fsp3) is 0.533. The molecular weight excluding hydrogens is 258 g/mol. The van der Waals surface area contributed by atoms with Gasteiger partial charge in [-0.05, 0) is 45.4 Å². The van der Waals surface area contributed by atoms with E-state index in [0.717, 1.165) is 22.8 Å². The zero-order valence-corrected chi connectivity index (χ0v) is 12.3. The Bertz CT molecular complexity index is 576. The second-order valence-electron chi connectivity index (χ2n) is 5.62. The summed E-state index contributed by atoms with van der Waals surface area (Å²) in [5.74, 6) is 1.12. The average Bonchev–Trinajstić information content (AvgIpc) is 2.98. The molecule has 1 aliphatic rings. The molecule has 0 aliphatic carbocycles. The lowest BCUT2D eigenvalue weighted by molar-refractivity contribution is 0.201. The lowest BCUT2D eigenvalue weighted by atomic mass is 10.1. The number of rotatable bonds is 3. The van der Waals surface area contributed by atoms with Crippen molar-refractivity contribution in [2.75, 3.05) is 6.54 Å². The summed E-state index contributed by atoms with van der Waals surface area (Å²) in [6.07, 6.45) is 7.51. The Balaban J connectivity index is 1.87. The van der Waals surface area contributed by atoms with Crippen LogP contribution in [0.2, 0.25) is 5.02 Å². The first-order chi connectivity index (χ1) is 9.16. The van der Waals surface area contributed by atoms with E-state index in [1.807, 2.05) is 18.3 Å². The summed E-state index contributed by atoms with van der Waals surface area (Å²) in [5.41, 5.74) is 1.01. The molecular formula is C15H20ClN3. The molecule has 0 N–H and O–H groups in total. The summed E-state index contributed by atoms with van der Waals surface area (Å²) >= 11 is 6.19. The highest BCUT2D eigenvalue weighted by molar-refractivity contribution is 6.33. The standard InChI is InChI=1S/C15H20ClN3/c1-11(2)18-7-3-5-12(18)9-15-17-10-14-13(16)6-4-8-19(14)15/h4,6,8,10-12H,3,5,7,9H2,1-2H3. The topological polar surface area (TPSA) is 20.5 Å². The minimum Gasteiger partial charge on any atom is -0.302 e. The van der Waals surface area contributed by atoms with Crippen molar-refractivity contribution < 1.29 is 0 Å². The maximum atomic E-state index is 6.19. The summed E-state index contributed by atoms with van der Waals surface area (Å²) < 4.78 is 2.12. The van der Waals surface area contributed by atoms with Crippen molar-refractivity contribution in [1.29, 1.82) is 0 Å². The number of likely N-dealkylation sites (tertiary alicyclic amines) is 1. The lowest BCUT2D eigenvalue weighted by Crippen LogP contribution is -2.37. The third-order valence-electron chi connectivity index (χ3n) is 4.10. The number of nitrogens with zero attached hydrogens (tertiary/aromatic N) is 3. The summed E-state index contributed by atoms with van der Waals surface area (Å²) in [6.45, 7) is 5.77. The normalized spacial score (nSPS) is 20.7. The Morgan fingerprint density at radius 3 is 3.11 bits per heavy atom. The van der Waals surface area contributed by atoms with Gasteiger partial charge in [-0.15, -0.1) is 0 Å². The van der Waals surface area contributed by atoms with E-state index < -0.39 is 0 Å². The van der Waals surface area contributed by atoms with Crippen LogP contribution in [0.4, 0.5) is 0 Å². The Kier molecular flexibility index (Phi) is 3.50. The van der Waals surface area contributed by atoms with Gasteiger partial charge in [0, 0.05) is 24.7 Å². The van der Waals surface area contributed by atoms with Gasteiger partial charge >= 0.3 is 0 Å². The molecule has 4 heteroatoms. The number of aromatic nitrogens is 2. The predicted molar refractivity (Wildman–Crippen MR) is 78.8 cm³/mol. The SMILES string of the molecule is CC(C)N1CCCC1Cc1ncc2c(Cl)cccn12. The lowest BCUT2D eigenvalue weighted by Gasteiger charge is -2.27. The zero-order chi connectivity index (χ0) is 13.4. The largest absolute Gasteiger partial charge is 0.302 e. The van der Waals surface area contributed by atoms with Gasteiger partial charge in [0.2, 0.25) is 0 Å². The molecule has 1 fully saturated rings. The van der Waals surface area contributed by atoms with Crippen LogP contribution >= 0.6 is 11.6 Å². The van der Waals surface area contributed by atoms with Crippen LogP contribution in [0.15, 0.2) is 24.5 Å². The van der Waals surface area contributed by atoms with Gasteiger partial charge in [0.1, 0.15) is 5.82 Å². The van der Waals surface area contributed by atoms with Gasteiger partial charge in [0.05, 0.1) is 16.7 Å². The van der Waals surface area contributed by atoms with E-state index in [2.05, 4.69) is 34.3 Å². The van der Waals surface area contributed by atoms with Gasteiger partial charge in [-0.1, -0.05) is 11.6 Å². The van der Waals surface area contributed by atoms with E-state index in [0.29, 0.717) is 12.1 Å². The van der Waals surface area contributed by atoms with Crippen molar-refractivity contribution in [3.8, 4) is 0 Å². The van der Waals surface area contributed by atoms with Gasteiger partial charge in [-0.25, -0.2) is 4.98 Å². The maximum Gasteiger partial charge on any atom is 0.114 e. The first-order valence-corrected chi connectivity index (χ1v) is 7.41. The molecule has 0 saturated carbocycles. The minimum absolute atomic E-state index is 0.613. The molecule has 0 spiro atoms. The van der Waals surface area contributed by atoms with Crippen molar-refractivity contribution in [3.63, 3.8) is 0 Å². The van der Waals surface area contributed by atoms with E-state index in [-0.39, 0.29) is 0 Å². The van der Waals surface area contributed by atoms with E-state index in [9.17, 15) is 0 Å². The summed E-state index contributed by atoms with van der Waals surface area (Å²) in [6, 6.07) is 5.13. The average molecular weight is 278 g/mol. The number of hydrogen-bond donors (Lipinski definition) is 0. The Morgan fingerprint density at radius 2 is 2.32 bits per heavy atom. The number of halogens is 1. The molecule has 0 amide bonds. The van der Waals surface area contributed by atoms with Crippen LogP contribution in [-0.4, -0.2) is 32.9 Å². The van der Waals surface area contributed by atoms with Crippen molar-refractivity contribution in [2.24, 2.45) is 0 Å². The quantitative estimate of drug-likeness (QED) is 0.857. The van der Waals surface area contributed by atoms with E-state index >= 15 is 0 Å². The molecule has 2 aromatic rings. The fourth-order valence-electron chi connectivity index (χ4n) is 3.16. The van der Waals surface area contributed by atoms with Crippen LogP contribution in [0, 0.1) is 0 Å². The molecule has 1 saturated heterocycles. The van der Waals surface area contributed by atoms with Crippen LogP contribution < -0.4 is 0 Å². The number of imidazole rings is 1. The second kappa shape index (κ2) is 5.14. The highest BCUT2D eigenvalue weighted by Gasteiger charge is 2.27. The minimum atomic E-state index is 0.613. The van der Waals surface area contributed by atoms with Gasteiger partial charge in [-0.3, -0.25) is 4.90 Å². The molecule has 1 atom stereocenters. The summed E-state index contributed by atoms with van der Waals surface area (Å²) in [4.78, 5) is 7.15. The molecule has 3 nitrogen and oxygen atoms in total. The Labute approximate surface area is 119 Å². The van der Waals surface area contributed by atoms with E-state index in [4.69, 9.17) is 11.6 Å². The number of pyridine rings is 1. The maximum absolute atomic E-state index is 6.19. The second-order valence-corrected chi connectivity index (χ2v) is 6.02. The summed E-state index contributed by atoms with van der Waals surface area (Å²) in [5, 5.41) is 0.772. The molecule has 102 valence electrons. The smallest absolute Gasteiger partial charge is 0.114 e. The van der Waals surface area contributed by atoms with Crippen molar-refractivity contribution in [2.45, 2.75) is 45.2 Å². The first-order valence-electron chi connectivity index (χ1n) is 7.03. The van der Waals surface area contributed by atoms with Crippen molar-refractivity contribution >= 4 is 17.1 Å². The summed E-state index contributed by atoms with van der Waals surface area (Å²) in [7, 11) is 0. The highest BCUT2D eigenvalue weighted by Crippen LogP contribution is 2.24.